The normalized spacial score (nSPS) is 10.2. The molecule has 1 amide bonds. The Balaban J connectivity index is 2.28. The molecule has 6 heteroatoms. The highest BCUT2D eigenvalue weighted by molar-refractivity contribution is 6.31. The summed E-state index contributed by atoms with van der Waals surface area (Å²) in [7, 11) is 0. The number of carbonyl (C=O) groups excluding carboxylic acids is 1. The molecule has 0 radical (unpaired) electrons. The Kier molecular flexibility index (Phi) is 3.57. The second-order valence-corrected chi connectivity index (χ2v) is 4.29. The number of hydrogen-bond acceptors (Lipinski definition) is 3. The van der Waals surface area contributed by atoms with Crippen LogP contribution in [-0.2, 0) is 0 Å². The van der Waals surface area contributed by atoms with Crippen LogP contribution in [0.5, 0.6) is 5.75 Å². The van der Waals surface area contributed by atoms with Crippen molar-refractivity contribution in [1.82, 2.24) is 0 Å². The van der Waals surface area contributed by atoms with Crippen LogP contribution in [0.1, 0.15) is 10.4 Å². The second-order valence-electron chi connectivity index (χ2n) is 3.85. The summed E-state index contributed by atoms with van der Waals surface area (Å²) in [5.41, 5.74) is 5.90. The zero-order valence-electron chi connectivity index (χ0n) is 9.65. The summed E-state index contributed by atoms with van der Waals surface area (Å²) >= 11 is 5.71. The number of anilines is 2. The van der Waals surface area contributed by atoms with E-state index in [1.807, 2.05) is 0 Å². The molecule has 98 valence electrons. The first kappa shape index (κ1) is 13.2. The Morgan fingerprint density at radius 2 is 2.00 bits per heavy atom. The number of benzene rings is 2. The van der Waals surface area contributed by atoms with Crippen LogP contribution < -0.4 is 11.1 Å². The highest BCUT2D eigenvalue weighted by atomic mass is 35.5. The third-order valence-electron chi connectivity index (χ3n) is 2.46. The summed E-state index contributed by atoms with van der Waals surface area (Å²) in [6.07, 6.45) is 0. The van der Waals surface area contributed by atoms with Gasteiger partial charge in [-0.3, -0.25) is 4.79 Å². The van der Waals surface area contributed by atoms with E-state index < -0.39 is 11.7 Å². The molecule has 0 saturated carbocycles. The van der Waals surface area contributed by atoms with Gasteiger partial charge in [-0.15, -0.1) is 0 Å². The van der Waals surface area contributed by atoms with Gasteiger partial charge in [0.2, 0.25) is 0 Å². The average molecular weight is 281 g/mol. The minimum Gasteiger partial charge on any atom is -0.508 e. The standard InChI is InChI=1S/C13H10ClFN2O2/c14-7-1-3-10(15)9(5-7)13(19)17-12-4-2-8(18)6-11(12)16/h1-6,18H,16H2,(H,17,19). The van der Waals surface area contributed by atoms with Gasteiger partial charge in [0.15, 0.2) is 0 Å². The number of aromatic hydroxyl groups is 1. The van der Waals surface area contributed by atoms with Gasteiger partial charge in [-0.05, 0) is 30.3 Å². The van der Waals surface area contributed by atoms with Crippen molar-refractivity contribution < 1.29 is 14.3 Å². The molecule has 2 aromatic rings. The quantitative estimate of drug-likeness (QED) is 0.585. The Labute approximate surface area is 113 Å². The lowest BCUT2D eigenvalue weighted by Gasteiger charge is -2.09. The zero-order chi connectivity index (χ0) is 14.0. The summed E-state index contributed by atoms with van der Waals surface area (Å²) < 4.78 is 13.5. The van der Waals surface area contributed by atoms with Crippen molar-refractivity contribution in [3.05, 3.63) is 52.8 Å². The minimum atomic E-state index is -0.681. The van der Waals surface area contributed by atoms with Crippen LogP contribution in [0.25, 0.3) is 0 Å². The van der Waals surface area contributed by atoms with Crippen molar-refractivity contribution in [3.63, 3.8) is 0 Å². The molecule has 0 aliphatic heterocycles. The first-order chi connectivity index (χ1) is 8.97. The number of nitrogen functional groups attached to an aromatic ring is 1. The Bertz CT molecular complexity index is 647. The lowest BCUT2D eigenvalue weighted by Crippen LogP contribution is -2.14. The predicted molar refractivity (Wildman–Crippen MR) is 71.9 cm³/mol. The van der Waals surface area contributed by atoms with Crippen molar-refractivity contribution in [1.29, 1.82) is 0 Å². The molecule has 2 aromatic carbocycles. The predicted octanol–water partition coefficient (Wildman–Crippen LogP) is 3.02. The highest BCUT2D eigenvalue weighted by Crippen LogP contribution is 2.24. The number of rotatable bonds is 2. The third-order valence-corrected chi connectivity index (χ3v) is 2.69. The fourth-order valence-electron chi connectivity index (χ4n) is 1.53. The van der Waals surface area contributed by atoms with Crippen molar-refractivity contribution in [2.24, 2.45) is 0 Å². The maximum Gasteiger partial charge on any atom is 0.258 e. The van der Waals surface area contributed by atoms with Gasteiger partial charge in [0, 0.05) is 11.1 Å². The fraction of sp³-hybridized carbons (Fsp3) is 0. The Morgan fingerprint density at radius 3 is 2.68 bits per heavy atom. The first-order valence-electron chi connectivity index (χ1n) is 5.32. The number of nitrogens with one attached hydrogen (secondary N) is 1. The van der Waals surface area contributed by atoms with E-state index >= 15 is 0 Å². The van der Waals surface area contributed by atoms with Gasteiger partial charge in [-0.25, -0.2) is 4.39 Å². The molecule has 0 unspecified atom stereocenters. The number of hydrogen-bond donors (Lipinski definition) is 3. The largest absolute Gasteiger partial charge is 0.508 e. The second kappa shape index (κ2) is 5.16. The van der Waals surface area contributed by atoms with Gasteiger partial charge in [-0.1, -0.05) is 11.6 Å². The Morgan fingerprint density at radius 1 is 1.26 bits per heavy atom. The van der Waals surface area contributed by atoms with Crippen molar-refractivity contribution in [2.45, 2.75) is 0 Å². The maximum atomic E-state index is 13.5. The molecule has 0 aromatic heterocycles. The SMILES string of the molecule is Nc1cc(O)ccc1NC(=O)c1cc(Cl)ccc1F. The molecule has 4 nitrogen and oxygen atoms in total. The van der Waals surface area contributed by atoms with Crippen LogP contribution in [0.4, 0.5) is 15.8 Å². The number of phenols is 1. The molecule has 0 saturated heterocycles. The minimum absolute atomic E-state index is 0.0237. The van der Waals surface area contributed by atoms with E-state index in [1.54, 1.807) is 0 Å². The van der Waals surface area contributed by atoms with Crippen molar-refractivity contribution in [3.8, 4) is 5.75 Å². The number of amides is 1. The molecule has 0 spiro atoms. The molecule has 19 heavy (non-hydrogen) atoms. The van der Waals surface area contributed by atoms with Crippen molar-refractivity contribution >= 4 is 28.9 Å². The van der Waals surface area contributed by atoms with E-state index in [-0.39, 0.29) is 27.7 Å². The van der Waals surface area contributed by atoms with Crippen LogP contribution in [0.15, 0.2) is 36.4 Å². The van der Waals surface area contributed by atoms with E-state index in [4.69, 9.17) is 17.3 Å². The lowest BCUT2D eigenvalue weighted by atomic mass is 10.2. The molecule has 0 aliphatic rings. The number of halogens is 2. The van der Waals surface area contributed by atoms with Crippen LogP contribution in [0.3, 0.4) is 0 Å². The molecule has 2 rings (SSSR count). The fourth-order valence-corrected chi connectivity index (χ4v) is 1.70. The lowest BCUT2D eigenvalue weighted by molar-refractivity contribution is 0.102. The van der Waals surface area contributed by atoms with E-state index in [2.05, 4.69) is 5.32 Å². The smallest absolute Gasteiger partial charge is 0.258 e. The van der Waals surface area contributed by atoms with Gasteiger partial charge in [-0.2, -0.15) is 0 Å². The van der Waals surface area contributed by atoms with Crippen LogP contribution >= 0.6 is 11.6 Å². The Hall–Kier alpha value is -2.27. The topological polar surface area (TPSA) is 75.3 Å². The highest BCUT2D eigenvalue weighted by Gasteiger charge is 2.13. The summed E-state index contributed by atoms with van der Waals surface area (Å²) in [5, 5.41) is 11.9. The number of nitrogens with two attached hydrogens (primary N) is 1. The monoisotopic (exact) mass is 280 g/mol. The summed E-state index contributed by atoms with van der Waals surface area (Å²) in [5.74, 6) is -1.37. The molecule has 0 atom stereocenters. The molecule has 0 aliphatic carbocycles. The van der Waals surface area contributed by atoms with Crippen LogP contribution in [0.2, 0.25) is 5.02 Å². The summed E-state index contributed by atoms with van der Waals surface area (Å²) in [4.78, 5) is 11.9. The molecular weight excluding hydrogens is 271 g/mol. The third kappa shape index (κ3) is 2.95. The van der Waals surface area contributed by atoms with Crippen LogP contribution in [-0.4, -0.2) is 11.0 Å². The van der Waals surface area contributed by atoms with E-state index in [0.717, 1.165) is 6.07 Å². The molecule has 0 heterocycles. The van der Waals surface area contributed by atoms with E-state index in [0.29, 0.717) is 0 Å². The van der Waals surface area contributed by atoms with E-state index in [1.165, 1.54) is 30.3 Å². The molecule has 4 N–H and O–H groups in total. The van der Waals surface area contributed by atoms with Crippen LogP contribution in [0, 0.1) is 5.82 Å². The maximum absolute atomic E-state index is 13.5. The summed E-state index contributed by atoms with van der Waals surface area (Å²) in [6.45, 7) is 0. The molecular formula is C13H10ClFN2O2. The van der Waals surface area contributed by atoms with Gasteiger partial charge < -0.3 is 16.2 Å². The van der Waals surface area contributed by atoms with Gasteiger partial charge in [0.05, 0.1) is 16.9 Å². The van der Waals surface area contributed by atoms with E-state index in [9.17, 15) is 14.3 Å². The average Bonchev–Trinajstić information content (AvgIpc) is 2.35. The zero-order valence-corrected chi connectivity index (χ0v) is 10.4. The van der Waals surface area contributed by atoms with Gasteiger partial charge in [0.1, 0.15) is 11.6 Å². The van der Waals surface area contributed by atoms with Gasteiger partial charge in [0.25, 0.3) is 5.91 Å². The number of phenolic OH excluding ortho intramolecular Hbond substituents is 1. The first-order valence-corrected chi connectivity index (χ1v) is 5.70. The number of carbonyl (C=O) groups is 1. The van der Waals surface area contributed by atoms with Gasteiger partial charge >= 0.3 is 0 Å². The molecule has 0 bridgehead atoms. The van der Waals surface area contributed by atoms with Crippen molar-refractivity contribution in [2.75, 3.05) is 11.1 Å². The summed E-state index contributed by atoms with van der Waals surface area (Å²) in [6, 6.07) is 7.75. The molecule has 0 fully saturated rings.